The van der Waals surface area contributed by atoms with Gasteiger partial charge in [0.05, 0.1) is 0 Å². The Labute approximate surface area is 126 Å². The van der Waals surface area contributed by atoms with E-state index in [2.05, 4.69) is 5.32 Å². The van der Waals surface area contributed by atoms with Crippen molar-refractivity contribution in [3.8, 4) is 0 Å². The predicted octanol–water partition coefficient (Wildman–Crippen LogP) is 2.09. The molecule has 0 aromatic heterocycles. The second kappa shape index (κ2) is 8.42. The molecule has 0 fully saturated rings. The Hall–Kier alpha value is -1.88. The Balaban J connectivity index is 2.70. The van der Waals surface area contributed by atoms with Crippen molar-refractivity contribution in [3.63, 3.8) is 0 Å². The third-order valence-electron chi connectivity index (χ3n) is 3.50. The number of benzene rings is 1. The van der Waals surface area contributed by atoms with Crippen molar-refractivity contribution < 1.29 is 9.59 Å². The van der Waals surface area contributed by atoms with Gasteiger partial charge in [-0.05, 0) is 51.1 Å². The summed E-state index contributed by atoms with van der Waals surface area (Å²) in [6, 6.07) is 6.99. The third-order valence-corrected chi connectivity index (χ3v) is 3.50. The molecule has 1 aromatic carbocycles. The van der Waals surface area contributed by atoms with Crippen LogP contribution in [0.3, 0.4) is 0 Å². The minimum atomic E-state index is -0.119. The fraction of sp³-hybridized carbons (Fsp3) is 0.500. The number of nitrogens with two attached hydrogens (primary N) is 1. The number of hydrogen-bond acceptors (Lipinski definition) is 3. The maximum absolute atomic E-state index is 12.2. The molecule has 0 saturated heterocycles. The lowest BCUT2D eigenvalue weighted by atomic mass is 10.1. The minimum Gasteiger partial charge on any atom is -0.339 e. The first-order valence-electron chi connectivity index (χ1n) is 7.43. The number of nitrogens with one attached hydrogen (secondary N) is 1. The summed E-state index contributed by atoms with van der Waals surface area (Å²) in [5.74, 6) is -0.162. The van der Waals surface area contributed by atoms with Gasteiger partial charge < -0.3 is 16.0 Å². The van der Waals surface area contributed by atoms with Crippen LogP contribution in [-0.4, -0.2) is 36.3 Å². The Morgan fingerprint density at radius 3 is 2.24 bits per heavy atom. The van der Waals surface area contributed by atoms with Crippen LogP contribution in [0, 0.1) is 5.92 Å². The molecule has 21 heavy (non-hydrogen) atoms. The van der Waals surface area contributed by atoms with E-state index in [0.717, 1.165) is 0 Å². The summed E-state index contributed by atoms with van der Waals surface area (Å²) in [6.07, 6.45) is 0.657. The standard InChI is InChI=1S/C16H25N3O2/c1-4-19(5-2)16(21)13-6-8-14(9-7-13)18-15(20)12(3)10-11-17/h6-9,12H,4-5,10-11,17H2,1-3H3,(H,18,20). The molecule has 0 aliphatic rings. The molecule has 5 heteroatoms. The predicted molar refractivity (Wildman–Crippen MR) is 85.2 cm³/mol. The zero-order valence-corrected chi connectivity index (χ0v) is 13.1. The summed E-state index contributed by atoms with van der Waals surface area (Å²) in [6.45, 7) is 7.62. The minimum absolute atomic E-state index is 0.00868. The summed E-state index contributed by atoms with van der Waals surface area (Å²) in [7, 11) is 0. The van der Waals surface area contributed by atoms with Gasteiger partial charge in [-0.25, -0.2) is 0 Å². The van der Waals surface area contributed by atoms with Crippen molar-refractivity contribution in [2.75, 3.05) is 25.0 Å². The SMILES string of the molecule is CCN(CC)C(=O)c1ccc(NC(=O)C(C)CCN)cc1. The molecule has 0 aliphatic heterocycles. The molecule has 116 valence electrons. The number of amides is 2. The molecule has 0 aliphatic carbocycles. The van der Waals surface area contributed by atoms with Gasteiger partial charge in [-0.2, -0.15) is 0 Å². The van der Waals surface area contributed by atoms with Crippen LogP contribution < -0.4 is 11.1 Å². The van der Waals surface area contributed by atoms with Crippen molar-refractivity contribution in [1.29, 1.82) is 0 Å². The normalized spacial score (nSPS) is 11.8. The molecule has 3 N–H and O–H groups in total. The van der Waals surface area contributed by atoms with Crippen LogP contribution in [0.2, 0.25) is 0 Å². The monoisotopic (exact) mass is 291 g/mol. The fourth-order valence-electron chi connectivity index (χ4n) is 2.04. The average Bonchev–Trinajstić information content (AvgIpc) is 2.49. The second-order valence-corrected chi connectivity index (χ2v) is 5.02. The second-order valence-electron chi connectivity index (χ2n) is 5.02. The van der Waals surface area contributed by atoms with E-state index < -0.39 is 0 Å². The number of anilines is 1. The van der Waals surface area contributed by atoms with Crippen LogP contribution >= 0.6 is 0 Å². The maximum Gasteiger partial charge on any atom is 0.253 e. The van der Waals surface area contributed by atoms with Gasteiger partial charge in [0.25, 0.3) is 5.91 Å². The molecular weight excluding hydrogens is 266 g/mol. The van der Waals surface area contributed by atoms with Gasteiger partial charge in [0, 0.05) is 30.3 Å². The molecule has 1 atom stereocenters. The fourth-order valence-corrected chi connectivity index (χ4v) is 2.04. The van der Waals surface area contributed by atoms with Crippen LogP contribution in [0.15, 0.2) is 24.3 Å². The van der Waals surface area contributed by atoms with Crippen molar-refractivity contribution in [2.24, 2.45) is 11.7 Å². The van der Waals surface area contributed by atoms with Gasteiger partial charge in [0.1, 0.15) is 0 Å². The van der Waals surface area contributed by atoms with Gasteiger partial charge in [-0.3, -0.25) is 9.59 Å². The van der Waals surface area contributed by atoms with E-state index in [0.29, 0.717) is 37.3 Å². The highest BCUT2D eigenvalue weighted by Crippen LogP contribution is 2.13. The molecule has 5 nitrogen and oxygen atoms in total. The Bertz CT molecular complexity index is 467. The maximum atomic E-state index is 12.2. The summed E-state index contributed by atoms with van der Waals surface area (Å²) >= 11 is 0. The highest BCUT2D eigenvalue weighted by molar-refractivity contribution is 5.96. The van der Waals surface area contributed by atoms with Crippen molar-refractivity contribution >= 4 is 17.5 Å². The number of rotatable bonds is 7. The van der Waals surface area contributed by atoms with E-state index in [1.807, 2.05) is 20.8 Å². The number of nitrogens with zero attached hydrogens (tertiary/aromatic N) is 1. The third kappa shape index (κ3) is 4.86. The van der Waals surface area contributed by atoms with Crippen LogP contribution in [0.4, 0.5) is 5.69 Å². The molecule has 2 amide bonds. The summed E-state index contributed by atoms with van der Waals surface area (Å²) in [5, 5.41) is 2.83. The van der Waals surface area contributed by atoms with Gasteiger partial charge in [-0.1, -0.05) is 6.92 Å². The zero-order chi connectivity index (χ0) is 15.8. The van der Waals surface area contributed by atoms with Gasteiger partial charge >= 0.3 is 0 Å². The molecule has 0 radical (unpaired) electrons. The average molecular weight is 291 g/mol. The van der Waals surface area contributed by atoms with E-state index in [1.54, 1.807) is 29.2 Å². The van der Waals surface area contributed by atoms with E-state index in [-0.39, 0.29) is 17.7 Å². The molecule has 1 aromatic rings. The van der Waals surface area contributed by atoms with E-state index >= 15 is 0 Å². The first-order valence-corrected chi connectivity index (χ1v) is 7.43. The summed E-state index contributed by atoms with van der Waals surface area (Å²) in [4.78, 5) is 25.8. The molecule has 0 spiro atoms. The zero-order valence-electron chi connectivity index (χ0n) is 13.1. The van der Waals surface area contributed by atoms with Gasteiger partial charge in [0.15, 0.2) is 0 Å². The van der Waals surface area contributed by atoms with E-state index in [4.69, 9.17) is 5.73 Å². The first-order chi connectivity index (χ1) is 10.0. The first kappa shape index (κ1) is 17.2. The quantitative estimate of drug-likeness (QED) is 0.807. The highest BCUT2D eigenvalue weighted by atomic mass is 16.2. The summed E-state index contributed by atoms with van der Waals surface area (Å²) < 4.78 is 0. The number of carbonyl (C=O) groups is 2. The van der Waals surface area contributed by atoms with Crippen LogP contribution in [0.25, 0.3) is 0 Å². The van der Waals surface area contributed by atoms with Crippen molar-refractivity contribution in [2.45, 2.75) is 27.2 Å². The molecular formula is C16H25N3O2. The Kier molecular flexibility index (Phi) is 6.88. The van der Waals surface area contributed by atoms with E-state index in [1.165, 1.54) is 0 Å². The van der Waals surface area contributed by atoms with Crippen LogP contribution in [0.1, 0.15) is 37.6 Å². The molecule has 0 bridgehead atoms. The van der Waals surface area contributed by atoms with Crippen molar-refractivity contribution in [1.82, 2.24) is 4.90 Å². The Morgan fingerprint density at radius 1 is 1.19 bits per heavy atom. The smallest absolute Gasteiger partial charge is 0.253 e. The molecule has 0 heterocycles. The molecule has 1 rings (SSSR count). The largest absolute Gasteiger partial charge is 0.339 e. The lowest BCUT2D eigenvalue weighted by Crippen LogP contribution is -2.30. The number of carbonyl (C=O) groups excluding carboxylic acids is 2. The topological polar surface area (TPSA) is 75.4 Å². The summed E-state index contributed by atoms with van der Waals surface area (Å²) in [5.41, 5.74) is 6.77. The van der Waals surface area contributed by atoms with Crippen LogP contribution in [-0.2, 0) is 4.79 Å². The lowest BCUT2D eigenvalue weighted by molar-refractivity contribution is -0.119. The van der Waals surface area contributed by atoms with Crippen molar-refractivity contribution in [3.05, 3.63) is 29.8 Å². The van der Waals surface area contributed by atoms with Gasteiger partial charge in [0.2, 0.25) is 5.91 Å². The van der Waals surface area contributed by atoms with Gasteiger partial charge in [-0.15, -0.1) is 0 Å². The van der Waals surface area contributed by atoms with Crippen LogP contribution in [0.5, 0.6) is 0 Å². The molecule has 1 unspecified atom stereocenters. The molecule has 0 saturated carbocycles. The highest BCUT2D eigenvalue weighted by Gasteiger charge is 2.14. The Morgan fingerprint density at radius 2 is 1.76 bits per heavy atom. The van der Waals surface area contributed by atoms with E-state index in [9.17, 15) is 9.59 Å². The lowest BCUT2D eigenvalue weighted by Gasteiger charge is -2.18. The number of hydrogen-bond donors (Lipinski definition) is 2.